The number of aromatic amines is 1. The highest BCUT2D eigenvalue weighted by atomic mass is 32.1. The van der Waals surface area contributed by atoms with Crippen molar-refractivity contribution in [2.24, 2.45) is 0 Å². The van der Waals surface area contributed by atoms with E-state index in [0.717, 1.165) is 18.9 Å². The lowest BCUT2D eigenvalue weighted by molar-refractivity contribution is -0.136. The molecule has 3 heterocycles. The lowest BCUT2D eigenvalue weighted by Crippen LogP contribution is -2.24. The number of methoxy groups -OCH3 is 1. The van der Waals surface area contributed by atoms with Crippen molar-refractivity contribution in [1.82, 2.24) is 14.5 Å². The Morgan fingerprint density at radius 3 is 2.80 bits per heavy atom. The number of hydrogen-bond donors (Lipinski definition) is 1. The van der Waals surface area contributed by atoms with E-state index in [1.807, 2.05) is 0 Å². The molecule has 0 unspecified atom stereocenters. The number of ether oxygens (including phenoxy) is 2. The van der Waals surface area contributed by atoms with Gasteiger partial charge in [0.05, 0.1) is 36.4 Å². The standard InChI is InChI=1S/C20H18F3N3O3S/c1-28-15-7-3-2-6-12(15)14-9-13(20(21,22)23)16-17(24-14)26(19(30)25-18(16)27)10-11-5-4-8-29-11/h2-3,6-7,9,11H,4-5,8,10H2,1H3,(H,25,27,30)/t11-/m0/s1. The summed E-state index contributed by atoms with van der Waals surface area (Å²) in [7, 11) is 1.42. The maximum atomic E-state index is 13.9. The van der Waals surface area contributed by atoms with Crippen LogP contribution >= 0.6 is 12.2 Å². The van der Waals surface area contributed by atoms with Crippen LogP contribution < -0.4 is 10.3 Å². The van der Waals surface area contributed by atoms with Crippen LogP contribution in [0.3, 0.4) is 0 Å². The second-order valence-electron chi connectivity index (χ2n) is 6.96. The highest BCUT2D eigenvalue weighted by molar-refractivity contribution is 7.71. The molecule has 0 aliphatic carbocycles. The summed E-state index contributed by atoms with van der Waals surface area (Å²) in [5, 5.41) is -0.548. The second kappa shape index (κ2) is 7.84. The Morgan fingerprint density at radius 2 is 2.13 bits per heavy atom. The predicted molar refractivity (Wildman–Crippen MR) is 107 cm³/mol. The van der Waals surface area contributed by atoms with Gasteiger partial charge in [0.2, 0.25) is 0 Å². The molecular formula is C20H18F3N3O3S. The number of para-hydroxylation sites is 1. The molecule has 1 aromatic carbocycles. The SMILES string of the molecule is COc1ccccc1-c1cc(C(F)(F)F)c2c(=O)[nH]c(=S)n(C[C@@H]3CCCO3)c2n1. The lowest BCUT2D eigenvalue weighted by Gasteiger charge is -2.18. The molecule has 30 heavy (non-hydrogen) atoms. The van der Waals surface area contributed by atoms with Crippen molar-refractivity contribution in [3.05, 3.63) is 51.0 Å². The van der Waals surface area contributed by atoms with E-state index < -0.39 is 22.7 Å². The molecule has 158 valence electrons. The van der Waals surface area contributed by atoms with Crippen molar-refractivity contribution in [3.8, 4) is 17.0 Å². The number of nitrogens with one attached hydrogen (secondary N) is 1. The van der Waals surface area contributed by atoms with Crippen LogP contribution in [0.4, 0.5) is 13.2 Å². The number of alkyl halides is 3. The number of pyridine rings is 1. The minimum absolute atomic E-state index is 0.000742. The summed E-state index contributed by atoms with van der Waals surface area (Å²) >= 11 is 5.25. The van der Waals surface area contributed by atoms with Gasteiger partial charge in [0, 0.05) is 12.2 Å². The Balaban J connectivity index is 2.06. The van der Waals surface area contributed by atoms with Crippen LogP contribution in [-0.2, 0) is 17.5 Å². The van der Waals surface area contributed by atoms with Gasteiger partial charge in [0.15, 0.2) is 4.77 Å². The molecule has 10 heteroatoms. The normalized spacial score (nSPS) is 16.9. The third-order valence-corrected chi connectivity index (χ3v) is 5.37. The van der Waals surface area contributed by atoms with Gasteiger partial charge in [-0.05, 0) is 43.3 Å². The van der Waals surface area contributed by atoms with Gasteiger partial charge in [-0.15, -0.1) is 0 Å². The Kier molecular flexibility index (Phi) is 5.37. The van der Waals surface area contributed by atoms with Crippen LogP contribution in [-0.4, -0.2) is 34.4 Å². The van der Waals surface area contributed by atoms with Crippen LogP contribution in [0.25, 0.3) is 22.3 Å². The summed E-state index contributed by atoms with van der Waals surface area (Å²) in [6.07, 6.45) is -3.37. The van der Waals surface area contributed by atoms with E-state index in [2.05, 4.69) is 9.97 Å². The first kappa shape index (κ1) is 20.5. The molecule has 3 aromatic rings. The number of benzene rings is 1. The Labute approximate surface area is 174 Å². The fourth-order valence-electron chi connectivity index (χ4n) is 3.65. The number of rotatable bonds is 4. The summed E-state index contributed by atoms with van der Waals surface area (Å²) in [4.78, 5) is 19.3. The number of H-pyrrole nitrogens is 1. The van der Waals surface area contributed by atoms with E-state index in [0.29, 0.717) is 17.9 Å². The molecule has 1 saturated heterocycles. The van der Waals surface area contributed by atoms with Crippen LogP contribution in [0.2, 0.25) is 0 Å². The Bertz CT molecular complexity index is 1210. The quantitative estimate of drug-likeness (QED) is 0.616. The largest absolute Gasteiger partial charge is 0.496 e. The van der Waals surface area contributed by atoms with Gasteiger partial charge in [-0.2, -0.15) is 13.2 Å². The molecule has 1 fully saturated rings. The van der Waals surface area contributed by atoms with Crippen LogP contribution in [0.5, 0.6) is 5.75 Å². The van der Waals surface area contributed by atoms with Crippen molar-refractivity contribution in [2.75, 3.05) is 13.7 Å². The zero-order valence-corrected chi connectivity index (χ0v) is 16.8. The van der Waals surface area contributed by atoms with Crippen molar-refractivity contribution >= 4 is 23.3 Å². The average molecular weight is 437 g/mol. The summed E-state index contributed by atoms with van der Waals surface area (Å²) < 4.78 is 54.1. The molecule has 0 spiro atoms. The molecule has 0 radical (unpaired) electrons. The molecule has 2 aromatic heterocycles. The van der Waals surface area contributed by atoms with E-state index in [9.17, 15) is 18.0 Å². The zero-order chi connectivity index (χ0) is 21.5. The number of aromatic nitrogens is 3. The molecule has 1 aliphatic heterocycles. The highest BCUT2D eigenvalue weighted by Gasteiger charge is 2.36. The fourth-order valence-corrected chi connectivity index (χ4v) is 3.91. The number of hydrogen-bond acceptors (Lipinski definition) is 5. The molecule has 0 saturated carbocycles. The number of fused-ring (bicyclic) bond motifs is 1. The lowest BCUT2D eigenvalue weighted by atomic mass is 10.1. The first-order valence-electron chi connectivity index (χ1n) is 9.29. The fraction of sp³-hybridized carbons (Fsp3) is 0.350. The van der Waals surface area contributed by atoms with Gasteiger partial charge < -0.3 is 9.47 Å². The van der Waals surface area contributed by atoms with Crippen molar-refractivity contribution in [1.29, 1.82) is 0 Å². The topological polar surface area (TPSA) is 69.1 Å². The van der Waals surface area contributed by atoms with Crippen molar-refractivity contribution in [3.63, 3.8) is 0 Å². The predicted octanol–water partition coefficient (Wildman–Crippen LogP) is 4.33. The van der Waals surface area contributed by atoms with E-state index in [-0.39, 0.29) is 28.8 Å². The zero-order valence-electron chi connectivity index (χ0n) is 16.0. The van der Waals surface area contributed by atoms with Gasteiger partial charge in [-0.25, -0.2) is 4.98 Å². The second-order valence-corrected chi connectivity index (χ2v) is 7.34. The van der Waals surface area contributed by atoms with Gasteiger partial charge >= 0.3 is 6.18 Å². The van der Waals surface area contributed by atoms with Gasteiger partial charge in [0.25, 0.3) is 5.56 Å². The minimum atomic E-state index is -4.77. The summed E-state index contributed by atoms with van der Waals surface area (Å²) in [6, 6.07) is 7.49. The highest BCUT2D eigenvalue weighted by Crippen LogP contribution is 2.37. The Morgan fingerprint density at radius 1 is 1.37 bits per heavy atom. The van der Waals surface area contributed by atoms with Gasteiger partial charge in [-0.1, -0.05) is 12.1 Å². The molecule has 1 aliphatic rings. The monoisotopic (exact) mass is 437 g/mol. The van der Waals surface area contributed by atoms with Crippen LogP contribution in [0.1, 0.15) is 18.4 Å². The van der Waals surface area contributed by atoms with Gasteiger partial charge in [-0.3, -0.25) is 14.3 Å². The van der Waals surface area contributed by atoms with E-state index in [1.54, 1.807) is 24.3 Å². The maximum Gasteiger partial charge on any atom is 0.417 e. The summed E-state index contributed by atoms with van der Waals surface area (Å²) in [5.74, 6) is 0.367. The number of nitrogens with zero attached hydrogens (tertiary/aromatic N) is 2. The maximum absolute atomic E-state index is 13.9. The van der Waals surface area contributed by atoms with Crippen LogP contribution in [0, 0.1) is 4.77 Å². The molecule has 0 amide bonds. The molecule has 6 nitrogen and oxygen atoms in total. The Hall–Kier alpha value is -2.72. The van der Waals surface area contributed by atoms with E-state index in [4.69, 9.17) is 21.7 Å². The van der Waals surface area contributed by atoms with Crippen LogP contribution in [0.15, 0.2) is 35.1 Å². The molecule has 4 rings (SSSR count). The average Bonchev–Trinajstić information content (AvgIpc) is 3.22. The molecule has 0 bridgehead atoms. The molecule has 1 N–H and O–H groups in total. The smallest absolute Gasteiger partial charge is 0.417 e. The van der Waals surface area contributed by atoms with E-state index >= 15 is 0 Å². The van der Waals surface area contributed by atoms with Crippen molar-refractivity contribution in [2.45, 2.75) is 31.7 Å². The molecule has 1 atom stereocenters. The summed E-state index contributed by atoms with van der Waals surface area (Å²) in [5.41, 5.74) is -1.72. The first-order chi connectivity index (χ1) is 14.3. The minimum Gasteiger partial charge on any atom is -0.496 e. The third kappa shape index (κ3) is 3.72. The first-order valence-corrected chi connectivity index (χ1v) is 9.70. The summed E-state index contributed by atoms with van der Waals surface area (Å²) in [6.45, 7) is 0.777. The number of halogens is 3. The van der Waals surface area contributed by atoms with Crippen molar-refractivity contribution < 1.29 is 22.6 Å². The molecular weight excluding hydrogens is 419 g/mol. The van der Waals surface area contributed by atoms with E-state index in [1.165, 1.54) is 11.7 Å². The third-order valence-electron chi connectivity index (χ3n) is 5.05. The van der Waals surface area contributed by atoms with Gasteiger partial charge in [0.1, 0.15) is 11.4 Å².